The Morgan fingerprint density at radius 1 is 1.14 bits per heavy atom. The number of nitrogens with zero attached hydrogens (tertiary/aromatic N) is 2. The third-order valence-corrected chi connectivity index (χ3v) is 6.28. The van der Waals surface area contributed by atoms with E-state index in [1.54, 1.807) is 13.0 Å². The summed E-state index contributed by atoms with van der Waals surface area (Å²) >= 11 is 1.49. The molecule has 2 aliphatic heterocycles. The number of ether oxygens (including phenoxy) is 3. The number of esters is 1. The zero-order valence-electron chi connectivity index (χ0n) is 19.8. The Morgan fingerprint density at radius 2 is 1.94 bits per heavy atom. The lowest BCUT2D eigenvalue weighted by Crippen LogP contribution is -2.34. The van der Waals surface area contributed by atoms with Gasteiger partial charge in [0.2, 0.25) is 0 Å². The fraction of sp³-hybridized carbons (Fsp3) is 0.269. The maximum atomic E-state index is 12.8. The molecule has 8 nitrogen and oxygen atoms in total. The van der Waals surface area contributed by atoms with Crippen molar-refractivity contribution in [2.24, 2.45) is 4.99 Å². The largest absolute Gasteiger partial charge is 0.493 e. The second kappa shape index (κ2) is 11.1. The summed E-state index contributed by atoms with van der Waals surface area (Å²) in [5.74, 6) is 0.243. The Morgan fingerprint density at radius 3 is 2.69 bits per heavy atom. The minimum Gasteiger partial charge on any atom is -0.493 e. The molecule has 0 spiro atoms. The predicted octanol–water partition coefficient (Wildman–Crippen LogP) is 4.16. The summed E-state index contributed by atoms with van der Waals surface area (Å²) in [5.41, 5.74) is 2.90. The zero-order valence-corrected chi connectivity index (χ0v) is 20.6. The Bertz CT molecular complexity index is 1190. The van der Waals surface area contributed by atoms with Crippen molar-refractivity contribution in [1.82, 2.24) is 10.2 Å². The van der Waals surface area contributed by atoms with Gasteiger partial charge in [0.05, 0.1) is 31.0 Å². The van der Waals surface area contributed by atoms with Gasteiger partial charge in [-0.2, -0.15) is 0 Å². The lowest BCUT2D eigenvalue weighted by atomic mass is 9.94. The number of rotatable bonds is 9. The summed E-state index contributed by atoms with van der Waals surface area (Å²) < 4.78 is 16.6. The molecule has 0 fully saturated rings. The predicted molar refractivity (Wildman–Crippen MR) is 135 cm³/mol. The maximum Gasteiger partial charge on any atom is 0.338 e. The molecule has 2 aromatic carbocycles. The molecule has 0 saturated heterocycles. The Kier molecular flexibility index (Phi) is 7.77. The molecule has 0 aromatic heterocycles. The van der Waals surface area contributed by atoms with Gasteiger partial charge in [-0.25, -0.2) is 9.79 Å². The van der Waals surface area contributed by atoms with Gasteiger partial charge in [-0.15, -0.1) is 0 Å². The van der Waals surface area contributed by atoms with Crippen LogP contribution in [0.3, 0.4) is 0 Å². The number of hydrogen-bond acceptors (Lipinski definition) is 8. The number of thioether (sulfide) groups is 1. The minimum absolute atomic E-state index is 0.151. The first kappa shape index (κ1) is 24.4. The highest BCUT2D eigenvalue weighted by molar-refractivity contribution is 8.16. The molecule has 0 aliphatic carbocycles. The van der Waals surface area contributed by atoms with Gasteiger partial charge in [0.1, 0.15) is 0 Å². The van der Waals surface area contributed by atoms with Gasteiger partial charge in [0.15, 0.2) is 23.3 Å². The Hall–Kier alpha value is -3.72. The van der Waals surface area contributed by atoms with Crippen LogP contribution in [0.2, 0.25) is 0 Å². The number of allylic oxidation sites excluding steroid dienone is 1. The fourth-order valence-electron chi connectivity index (χ4n) is 3.86. The first-order valence-electron chi connectivity index (χ1n) is 11.2. The van der Waals surface area contributed by atoms with Crippen LogP contribution in [0.25, 0.3) is 0 Å². The molecule has 1 amide bonds. The number of benzene rings is 2. The van der Waals surface area contributed by atoms with Crippen molar-refractivity contribution in [1.29, 1.82) is 0 Å². The van der Waals surface area contributed by atoms with E-state index in [-0.39, 0.29) is 19.1 Å². The Balaban J connectivity index is 1.51. The number of amidine groups is 1. The van der Waals surface area contributed by atoms with Crippen LogP contribution in [0.5, 0.6) is 11.5 Å². The van der Waals surface area contributed by atoms with Crippen molar-refractivity contribution in [2.75, 3.05) is 20.3 Å². The molecule has 9 heteroatoms. The van der Waals surface area contributed by atoms with Gasteiger partial charge in [-0.1, -0.05) is 48.2 Å². The number of fused-ring (bicyclic) bond motifs is 1. The SMILES string of the molecule is CCOC(=O)C1=C(C)N=C2SC=CN2[C@H]1c1ccc(OCC(=O)NCc2ccccc2)c(OC)c1. The van der Waals surface area contributed by atoms with E-state index in [4.69, 9.17) is 14.2 Å². The molecule has 35 heavy (non-hydrogen) atoms. The highest BCUT2D eigenvalue weighted by Crippen LogP contribution is 2.43. The quantitative estimate of drug-likeness (QED) is 0.525. The van der Waals surface area contributed by atoms with Crippen molar-refractivity contribution in [2.45, 2.75) is 26.4 Å². The molecule has 4 rings (SSSR count). The van der Waals surface area contributed by atoms with E-state index in [0.29, 0.717) is 29.3 Å². The van der Waals surface area contributed by atoms with Crippen LogP contribution in [-0.4, -0.2) is 42.3 Å². The minimum atomic E-state index is -0.426. The topological polar surface area (TPSA) is 89.5 Å². The van der Waals surface area contributed by atoms with E-state index in [1.807, 2.05) is 65.9 Å². The van der Waals surface area contributed by atoms with Gasteiger partial charge in [-0.3, -0.25) is 4.79 Å². The van der Waals surface area contributed by atoms with Gasteiger partial charge < -0.3 is 24.4 Å². The first-order chi connectivity index (χ1) is 17.0. The summed E-state index contributed by atoms with van der Waals surface area (Å²) in [6.45, 7) is 4.13. The number of carbonyl (C=O) groups is 2. The van der Waals surface area contributed by atoms with Crippen LogP contribution >= 0.6 is 11.8 Å². The lowest BCUT2D eigenvalue weighted by molar-refractivity contribution is -0.139. The standard InChI is InChI=1S/C26H27N3O5S/c1-4-33-25(31)23-17(2)28-26-29(12-13-35-26)24(23)19-10-11-20(21(14-19)32-3)34-16-22(30)27-15-18-8-6-5-7-9-18/h5-14,24H,4,15-16H2,1-3H3,(H,27,30)/t24-/m0/s1. The molecule has 0 saturated carbocycles. The smallest absolute Gasteiger partial charge is 0.338 e. The van der Waals surface area contributed by atoms with Crippen molar-refractivity contribution < 1.29 is 23.8 Å². The number of methoxy groups -OCH3 is 1. The number of carbonyl (C=O) groups excluding carboxylic acids is 2. The van der Waals surface area contributed by atoms with Gasteiger partial charge in [0, 0.05) is 12.7 Å². The maximum absolute atomic E-state index is 12.8. The second-order valence-electron chi connectivity index (χ2n) is 7.79. The molecular weight excluding hydrogens is 466 g/mol. The van der Waals surface area contributed by atoms with Crippen LogP contribution in [0.15, 0.2) is 76.4 Å². The molecule has 0 unspecified atom stereocenters. The average molecular weight is 494 g/mol. The average Bonchev–Trinajstić information content (AvgIpc) is 3.34. The van der Waals surface area contributed by atoms with Gasteiger partial charge in [0.25, 0.3) is 5.91 Å². The lowest BCUT2D eigenvalue weighted by Gasteiger charge is -2.33. The number of aliphatic imine (C=N–C) groups is 1. The number of nitrogens with one attached hydrogen (secondary N) is 1. The van der Waals surface area contributed by atoms with Crippen LogP contribution < -0.4 is 14.8 Å². The molecule has 182 valence electrons. The van der Waals surface area contributed by atoms with Gasteiger partial charge in [-0.05, 0) is 42.5 Å². The van der Waals surface area contributed by atoms with E-state index >= 15 is 0 Å². The zero-order chi connectivity index (χ0) is 24.8. The second-order valence-corrected chi connectivity index (χ2v) is 8.66. The van der Waals surface area contributed by atoms with E-state index in [0.717, 1.165) is 16.3 Å². The van der Waals surface area contributed by atoms with Crippen LogP contribution in [0.4, 0.5) is 0 Å². The number of hydrogen-bond donors (Lipinski definition) is 1. The number of amides is 1. The van der Waals surface area contributed by atoms with Crippen molar-refractivity contribution in [3.8, 4) is 11.5 Å². The van der Waals surface area contributed by atoms with E-state index in [1.165, 1.54) is 18.9 Å². The molecule has 2 heterocycles. The van der Waals surface area contributed by atoms with E-state index < -0.39 is 12.0 Å². The normalized spacial score (nSPS) is 16.5. The summed E-state index contributed by atoms with van der Waals surface area (Å²) in [6, 6.07) is 14.7. The summed E-state index contributed by atoms with van der Waals surface area (Å²) in [5, 5.41) is 5.55. The molecule has 1 atom stereocenters. The van der Waals surface area contributed by atoms with Crippen LogP contribution in [0, 0.1) is 0 Å². The summed E-state index contributed by atoms with van der Waals surface area (Å²) in [4.78, 5) is 31.6. The molecular formula is C26H27N3O5S. The monoisotopic (exact) mass is 493 g/mol. The van der Waals surface area contributed by atoms with E-state index in [2.05, 4.69) is 10.3 Å². The molecule has 0 bridgehead atoms. The highest BCUT2D eigenvalue weighted by atomic mass is 32.2. The van der Waals surface area contributed by atoms with Gasteiger partial charge >= 0.3 is 5.97 Å². The third kappa shape index (κ3) is 5.51. The van der Waals surface area contributed by atoms with Crippen LogP contribution in [0.1, 0.15) is 31.0 Å². The molecule has 1 N–H and O–H groups in total. The molecule has 0 radical (unpaired) electrons. The fourth-order valence-corrected chi connectivity index (χ4v) is 4.65. The van der Waals surface area contributed by atoms with Crippen molar-refractivity contribution >= 4 is 28.8 Å². The third-order valence-electron chi connectivity index (χ3n) is 5.51. The first-order valence-corrected chi connectivity index (χ1v) is 12.1. The van der Waals surface area contributed by atoms with Crippen molar-refractivity contribution in [3.05, 3.63) is 82.5 Å². The summed E-state index contributed by atoms with van der Waals surface area (Å²) in [6.07, 6.45) is 1.90. The summed E-state index contributed by atoms with van der Waals surface area (Å²) in [7, 11) is 1.54. The van der Waals surface area contributed by atoms with Crippen molar-refractivity contribution in [3.63, 3.8) is 0 Å². The highest BCUT2D eigenvalue weighted by Gasteiger charge is 2.37. The molecule has 2 aliphatic rings. The van der Waals surface area contributed by atoms with Crippen LogP contribution in [-0.2, 0) is 20.9 Å². The van der Waals surface area contributed by atoms with E-state index in [9.17, 15) is 9.59 Å². The Labute approximate surface area is 208 Å². The molecule has 2 aromatic rings.